The van der Waals surface area contributed by atoms with Gasteiger partial charge in [0.25, 0.3) is 5.91 Å². The Morgan fingerprint density at radius 2 is 1.68 bits per heavy atom. The number of para-hydroxylation sites is 2. The molecule has 2 amide bonds. The van der Waals surface area contributed by atoms with Crippen LogP contribution in [-0.4, -0.2) is 29.6 Å². The maximum Gasteiger partial charge on any atom is 0.266 e. The highest BCUT2D eigenvalue weighted by atomic mass is 35.5. The van der Waals surface area contributed by atoms with Crippen LogP contribution in [0.1, 0.15) is 18.5 Å². The van der Waals surface area contributed by atoms with Gasteiger partial charge >= 0.3 is 0 Å². The highest BCUT2D eigenvalue weighted by Crippen LogP contribution is 2.50. The molecule has 34 heavy (non-hydrogen) atoms. The van der Waals surface area contributed by atoms with E-state index in [0.29, 0.717) is 17.9 Å². The van der Waals surface area contributed by atoms with Gasteiger partial charge in [0.1, 0.15) is 5.92 Å². The standard InChI is InChI=1S/C25H20Cl2N2O5/c1-2-33-19-13-14(11-12-18(19)30)21-20-23(34-29(21)15-7-4-3-5-8-15)25(32)28(24(20)31)22-16(26)9-6-10-17(22)27/h3-13,20-21,23,30H,2H2,1H3/t20-,21-,23+/m1/s1. The maximum absolute atomic E-state index is 13.7. The zero-order valence-electron chi connectivity index (χ0n) is 18.0. The van der Waals surface area contributed by atoms with Gasteiger partial charge in [0.05, 0.1) is 34.1 Å². The largest absolute Gasteiger partial charge is 0.504 e. The van der Waals surface area contributed by atoms with Crippen molar-refractivity contribution < 1.29 is 24.3 Å². The summed E-state index contributed by atoms with van der Waals surface area (Å²) in [4.78, 5) is 34.3. The molecule has 0 saturated carbocycles. The molecular formula is C25H20Cl2N2O5. The topological polar surface area (TPSA) is 79.3 Å². The van der Waals surface area contributed by atoms with Crippen molar-refractivity contribution in [3.05, 3.63) is 82.3 Å². The number of imide groups is 1. The van der Waals surface area contributed by atoms with Crippen LogP contribution < -0.4 is 14.7 Å². The summed E-state index contributed by atoms with van der Waals surface area (Å²) >= 11 is 12.6. The number of nitrogens with zero attached hydrogens (tertiary/aromatic N) is 2. The van der Waals surface area contributed by atoms with E-state index in [0.717, 1.165) is 4.90 Å². The predicted molar refractivity (Wildman–Crippen MR) is 128 cm³/mol. The second kappa shape index (κ2) is 8.83. The molecule has 5 rings (SSSR count). The Labute approximate surface area is 206 Å². The molecule has 3 aromatic rings. The van der Waals surface area contributed by atoms with Gasteiger partial charge in [0.15, 0.2) is 17.6 Å². The number of phenolic OH excluding ortho intramolecular Hbond substituents is 1. The molecule has 2 aliphatic heterocycles. The Morgan fingerprint density at radius 3 is 2.35 bits per heavy atom. The fraction of sp³-hybridized carbons (Fsp3) is 0.200. The summed E-state index contributed by atoms with van der Waals surface area (Å²) in [5.41, 5.74) is 1.46. The van der Waals surface area contributed by atoms with Gasteiger partial charge in [0.2, 0.25) is 5.91 Å². The van der Waals surface area contributed by atoms with Crippen LogP contribution >= 0.6 is 23.2 Å². The average Bonchev–Trinajstić information content (AvgIpc) is 3.33. The number of halogens is 2. The van der Waals surface area contributed by atoms with Crippen molar-refractivity contribution >= 4 is 46.4 Å². The second-order valence-electron chi connectivity index (χ2n) is 7.90. The Morgan fingerprint density at radius 1 is 0.971 bits per heavy atom. The highest BCUT2D eigenvalue weighted by molar-refractivity contribution is 6.42. The number of benzene rings is 3. The first-order valence-electron chi connectivity index (χ1n) is 10.7. The molecule has 3 atom stereocenters. The molecule has 7 nitrogen and oxygen atoms in total. The maximum atomic E-state index is 13.7. The minimum absolute atomic E-state index is 0.0226. The van der Waals surface area contributed by atoms with Gasteiger partial charge in [-0.3, -0.25) is 14.4 Å². The lowest BCUT2D eigenvalue weighted by molar-refractivity contribution is -0.126. The number of fused-ring (bicyclic) bond motifs is 1. The van der Waals surface area contributed by atoms with E-state index >= 15 is 0 Å². The minimum Gasteiger partial charge on any atom is -0.504 e. The molecule has 1 N–H and O–H groups in total. The molecule has 9 heteroatoms. The minimum atomic E-state index is -1.07. The zero-order valence-corrected chi connectivity index (χ0v) is 19.5. The Hall–Kier alpha value is -3.26. The Balaban J connectivity index is 1.62. The van der Waals surface area contributed by atoms with Crippen LogP contribution in [0.25, 0.3) is 0 Å². The summed E-state index contributed by atoms with van der Waals surface area (Å²) in [6.07, 6.45) is -1.07. The molecule has 0 aromatic heterocycles. The summed E-state index contributed by atoms with van der Waals surface area (Å²) in [5.74, 6) is -1.64. The molecule has 0 bridgehead atoms. The monoisotopic (exact) mass is 498 g/mol. The molecule has 0 radical (unpaired) electrons. The number of carbonyl (C=O) groups is 2. The molecular weight excluding hydrogens is 479 g/mol. The normalized spacial score (nSPS) is 21.8. The van der Waals surface area contributed by atoms with E-state index in [9.17, 15) is 14.7 Å². The van der Waals surface area contributed by atoms with Crippen LogP contribution in [-0.2, 0) is 14.4 Å². The summed E-state index contributed by atoms with van der Waals surface area (Å²) in [5, 5.41) is 12.1. The van der Waals surface area contributed by atoms with Crippen molar-refractivity contribution in [2.24, 2.45) is 5.92 Å². The van der Waals surface area contributed by atoms with Gasteiger partial charge in [-0.05, 0) is 48.9 Å². The van der Waals surface area contributed by atoms with E-state index in [-0.39, 0.29) is 27.2 Å². The van der Waals surface area contributed by atoms with E-state index in [2.05, 4.69) is 0 Å². The quantitative estimate of drug-likeness (QED) is 0.490. The first-order valence-corrected chi connectivity index (χ1v) is 11.5. The number of anilines is 2. The summed E-state index contributed by atoms with van der Waals surface area (Å²) in [6, 6.07) is 18.2. The van der Waals surface area contributed by atoms with Gasteiger partial charge in [-0.25, -0.2) is 9.96 Å². The molecule has 2 aliphatic rings. The molecule has 0 aliphatic carbocycles. The number of hydroxylamine groups is 1. The number of phenols is 1. The zero-order chi connectivity index (χ0) is 24.0. The number of hydrogen-bond donors (Lipinski definition) is 1. The average molecular weight is 499 g/mol. The Bertz CT molecular complexity index is 1250. The van der Waals surface area contributed by atoms with E-state index in [1.807, 2.05) is 37.3 Å². The van der Waals surface area contributed by atoms with Crippen LogP contribution in [0.15, 0.2) is 66.7 Å². The van der Waals surface area contributed by atoms with Crippen molar-refractivity contribution in [2.75, 3.05) is 16.6 Å². The van der Waals surface area contributed by atoms with Crippen molar-refractivity contribution in [2.45, 2.75) is 19.1 Å². The first kappa shape index (κ1) is 22.5. The van der Waals surface area contributed by atoms with Gasteiger partial charge in [0, 0.05) is 0 Å². The van der Waals surface area contributed by atoms with Crippen molar-refractivity contribution in [3.8, 4) is 11.5 Å². The number of carbonyl (C=O) groups excluding carboxylic acids is 2. The van der Waals surface area contributed by atoms with Crippen molar-refractivity contribution in [3.63, 3.8) is 0 Å². The van der Waals surface area contributed by atoms with E-state index in [1.54, 1.807) is 35.4 Å². The second-order valence-corrected chi connectivity index (χ2v) is 8.71. The Kier molecular flexibility index (Phi) is 5.85. The molecule has 2 saturated heterocycles. The smallest absolute Gasteiger partial charge is 0.266 e. The van der Waals surface area contributed by atoms with Gasteiger partial charge in [-0.2, -0.15) is 0 Å². The molecule has 174 valence electrons. The van der Waals surface area contributed by atoms with Crippen LogP contribution in [0.2, 0.25) is 10.0 Å². The van der Waals surface area contributed by atoms with Crippen LogP contribution in [0, 0.1) is 5.92 Å². The van der Waals surface area contributed by atoms with E-state index in [4.69, 9.17) is 32.8 Å². The lowest BCUT2D eigenvalue weighted by Gasteiger charge is -2.29. The number of hydrogen-bond acceptors (Lipinski definition) is 6. The van der Waals surface area contributed by atoms with Crippen LogP contribution in [0.3, 0.4) is 0 Å². The molecule has 3 aromatic carbocycles. The third-order valence-electron chi connectivity index (χ3n) is 5.91. The third-order valence-corrected chi connectivity index (χ3v) is 6.52. The molecule has 2 heterocycles. The van der Waals surface area contributed by atoms with Gasteiger partial charge < -0.3 is 9.84 Å². The van der Waals surface area contributed by atoms with Gasteiger partial charge in [-0.15, -0.1) is 0 Å². The number of rotatable bonds is 5. The summed E-state index contributed by atoms with van der Waals surface area (Å²) in [6.45, 7) is 2.16. The molecule has 0 spiro atoms. The lowest BCUT2D eigenvalue weighted by atomic mass is 9.90. The first-order chi connectivity index (χ1) is 16.4. The number of amides is 2. The highest BCUT2D eigenvalue weighted by Gasteiger charge is 2.60. The third kappa shape index (κ3) is 3.57. The SMILES string of the molecule is CCOc1cc([C@@H]2[C@H]3C(=O)N(c4c(Cl)cccc4Cl)C(=O)[C@H]3ON2c2ccccc2)ccc1O. The lowest BCUT2D eigenvalue weighted by Crippen LogP contribution is -2.37. The number of aromatic hydroxyl groups is 1. The van der Waals surface area contributed by atoms with Crippen LogP contribution in [0.4, 0.5) is 11.4 Å². The van der Waals surface area contributed by atoms with Crippen molar-refractivity contribution in [1.82, 2.24) is 0 Å². The molecule has 2 fully saturated rings. The summed E-state index contributed by atoms with van der Waals surface area (Å²) in [7, 11) is 0. The van der Waals surface area contributed by atoms with E-state index in [1.165, 1.54) is 6.07 Å². The number of ether oxygens (including phenoxy) is 1. The fourth-order valence-corrected chi connectivity index (χ4v) is 5.03. The van der Waals surface area contributed by atoms with E-state index < -0.39 is 29.9 Å². The van der Waals surface area contributed by atoms with Crippen LogP contribution in [0.5, 0.6) is 11.5 Å². The van der Waals surface area contributed by atoms with Crippen molar-refractivity contribution in [1.29, 1.82) is 0 Å². The van der Waals surface area contributed by atoms with Gasteiger partial charge in [-0.1, -0.05) is 53.5 Å². The molecule has 0 unspecified atom stereocenters. The predicted octanol–water partition coefficient (Wildman–Crippen LogP) is 5.15. The summed E-state index contributed by atoms with van der Waals surface area (Å²) < 4.78 is 5.55. The fourth-order valence-electron chi connectivity index (χ4n) is 4.46.